The third kappa shape index (κ3) is 19.2. The summed E-state index contributed by atoms with van der Waals surface area (Å²) in [7, 11) is 9.47. The standard InChI is InChI=1S/3CH4.B.H6P6S.4H2/c;;;;1-5(2)6(3)4-7;;;;/h3*1H4;;1-3H2;4*1H/i;;;;;3*1+2T;1+2. The van der Waals surface area contributed by atoms with Gasteiger partial charge in [0.2, 0.25) is 0 Å². The van der Waals surface area contributed by atoms with E-state index in [9.17, 15) is 0 Å². The normalized spacial score (nSPS) is 12.0. The van der Waals surface area contributed by atoms with E-state index in [0.717, 1.165) is 7.04 Å². The van der Waals surface area contributed by atoms with Gasteiger partial charge in [0.25, 0.3) is 0 Å². The molecule has 0 aliphatic heterocycles. The van der Waals surface area contributed by atoms with Crippen molar-refractivity contribution in [3.63, 3.8) is 0 Å². The van der Waals surface area contributed by atoms with Crippen LogP contribution in [0, 0.1) is 0 Å². The van der Waals surface area contributed by atoms with E-state index in [0.29, 0.717) is 0 Å². The molecule has 0 N–H and O–H groups in total. The van der Waals surface area contributed by atoms with Gasteiger partial charge >= 0.3 is 0 Å². The minimum absolute atomic E-state index is 0. The zero-order valence-corrected chi connectivity index (χ0v) is 11.0. The van der Waals surface area contributed by atoms with Gasteiger partial charge in [0.1, 0.15) is 0 Å². The van der Waals surface area contributed by atoms with Crippen LogP contribution in [0.5, 0.6) is 0 Å². The fraction of sp³-hybridized carbons (Fsp3) is 1.00. The molecule has 0 bridgehead atoms. The van der Waals surface area contributed by atoms with Crippen LogP contribution < -0.4 is 0 Å². The van der Waals surface area contributed by atoms with Crippen LogP contribution in [0.1, 0.15) is 32.6 Å². The van der Waals surface area contributed by atoms with Gasteiger partial charge in [-0.1, -0.05) is 43.0 Å². The molecule has 0 saturated heterocycles. The maximum atomic E-state index is 5.00. The Bertz CT molecular complexity index is 88.2. The Hall–Kier alpha value is 2.73. The van der Waals surface area contributed by atoms with Gasteiger partial charge < -0.3 is 0 Å². The van der Waals surface area contributed by atoms with Gasteiger partial charge in [0, 0.05) is 32.8 Å². The molecule has 0 aliphatic carbocycles. The van der Waals surface area contributed by atoms with Crippen molar-refractivity contribution in [1.82, 2.24) is 0 Å². The van der Waals surface area contributed by atoms with Gasteiger partial charge in [-0.25, -0.2) is 0 Å². The lowest BCUT2D eigenvalue weighted by atomic mass is 10.8. The monoisotopic (exact) mass is 305 g/mol. The van der Waals surface area contributed by atoms with Crippen LogP contribution in [0.25, 0.3) is 0 Å². The molecular formula is C3H26BP6S. The molecule has 0 rings (SSSR count). The summed E-state index contributed by atoms with van der Waals surface area (Å²) in [6.45, 7) is 0.140. The summed E-state index contributed by atoms with van der Waals surface area (Å²) in [5, 5.41) is 0. The Kier molecular flexibility index (Phi) is 27.2. The highest BCUT2D eigenvalue weighted by Crippen LogP contribution is 2.88. The molecule has 0 heterocycles. The maximum Gasteiger partial charge on any atom is 0.0109 e. The molecule has 0 aliphatic rings. The lowest BCUT2D eigenvalue weighted by Crippen LogP contribution is -1.18. The van der Waals surface area contributed by atoms with Crippen molar-refractivity contribution in [2.24, 2.45) is 0 Å². The molecular weight excluding hydrogens is 265 g/mol. The minimum Gasteiger partial charge on any atom is -0.102 e. The van der Waals surface area contributed by atoms with E-state index >= 15 is 0 Å². The van der Waals surface area contributed by atoms with Crippen molar-refractivity contribution in [3.8, 4) is 0 Å². The van der Waals surface area contributed by atoms with E-state index in [2.05, 4.69) is 26.8 Å². The Morgan fingerprint density at radius 2 is 1.45 bits per heavy atom. The average Bonchev–Trinajstić information content (AvgIpc) is 2.25. The molecule has 0 aromatic carbocycles. The molecule has 0 fully saturated rings. The highest BCUT2D eigenvalue weighted by Gasteiger charge is 2.00. The van der Waals surface area contributed by atoms with Gasteiger partial charge in [-0.05, 0) is 6.99 Å². The largest absolute Gasteiger partial charge is 0.102 e. The third-order valence-electron chi connectivity index (χ3n) is 0.320. The second-order valence-corrected chi connectivity index (χ2v) is 21.1. The Morgan fingerprint density at radius 1 is 1.18 bits per heavy atom. The Balaban J connectivity index is -0.00000000942. The summed E-state index contributed by atoms with van der Waals surface area (Å²) in [4.78, 5) is 0. The van der Waals surface area contributed by atoms with Crippen LogP contribution in [0.15, 0.2) is 0 Å². The first-order valence-electron chi connectivity index (χ1n) is 4.36. The predicted octanol–water partition coefficient (Wildman–Crippen LogP) is 6.07. The molecule has 0 saturated carbocycles. The van der Waals surface area contributed by atoms with Gasteiger partial charge in [0.05, 0.1) is 0 Å². The smallest absolute Gasteiger partial charge is 0.0109 e. The van der Waals surface area contributed by atoms with Gasteiger partial charge in [-0.2, -0.15) is 0 Å². The van der Waals surface area contributed by atoms with E-state index in [1.165, 1.54) is 0 Å². The lowest BCUT2D eigenvalue weighted by molar-refractivity contribution is 2.50. The van der Waals surface area contributed by atoms with Crippen molar-refractivity contribution in [3.05, 3.63) is 0 Å². The summed E-state index contributed by atoms with van der Waals surface area (Å²) in [5.74, 6) is 0. The van der Waals surface area contributed by atoms with Gasteiger partial charge in [-0.3, -0.25) is 0 Å². The molecule has 3 radical (unpaired) electrons. The molecule has 0 aromatic heterocycles. The molecule has 0 spiro atoms. The van der Waals surface area contributed by atoms with Gasteiger partial charge in [-0.15, -0.1) is 17.9 Å². The molecule has 0 aromatic rings. The summed E-state index contributed by atoms with van der Waals surface area (Å²) < 4.78 is 30.0. The molecule has 8 heteroatoms. The van der Waals surface area contributed by atoms with Crippen molar-refractivity contribution in [2.45, 2.75) is 22.3 Å². The number of rotatable bonds is 2. The van der Waals surface area contributed by atoms with Crippen LogP contribution in [-0.2, 0) is 11.8 Å². The van der Waals surface area contributed by atoms with Crippen LogP contribution in [0.2, 0.25) is 0 Å². The first kappa shape index (κ1) is 16.2. The lowest BCUT2D eigenvalue weighted by Gasteiger charge is -2.05. The first-order chi connectivity index (χ1) is 6.18. The summed E-state index contributed by atoms with van der Waals surface area (Å²) in [6, 6.07) is 0. The van der Waals surface area contributed by atoms with Crippen molar-refractivity contribution in [1.29, 1.82) is 0 Å². The predicted molar refractivity (Wildman–Crippen MR) is 91.7 cm³/mol. The number of hydrogen-bond acceptors (Lipinski definition) is 1. The Labute approximate surface area is 101 Å². The number of hydrogen-bond donors (Lipinski definition) is 0. The van der Waals surface area contributed by atoms with E-state index in [-0.39, 0.29) is 46.1 Å². The molecule has 4 unspecified atom stereocenters. The molecule has 0 amide bonds. The van der Waals surface area contributed by atoms with Crippen LogP contribution in [-0.4, -0.2) is 8.41 Å². The quantitative estimate of drug-likeness (QED) is 0.440. The summed E-state index contributed by atoms with van der Waals surface area (Å²) in [5.41, 5.74) is 0. The minimum atomic E-state index is 0. The topological polar surface area (TPSA) is 0 Å². The molecule has 0 nitrogen and oxygen atoms in total. The zero-order chi connectivity index (χ0) is 11.9. The van der Waals surface area contributed by atoms with E-state index in [1.807, 2.05) is 0 Å². The van der Waals surface area contributed by atoms with Crippen molar-refractivity contribution < 1.29 is 10.3 Å². The Morgan fingerprint density at radius 3 is 1.45 bits per heavy atom. The van der Waals surface area contributed by atoms with Crippen molar-refractivity contribution in [2.75, 3.05) is 0 Å². The summed E-state index contributed by atoms with van der Waals surface area (Å²) in [6.07, 6.45) is 0. The molecule has 11 heavy (non-hydrogen) atoms. The molecule has 77 valence electrons. The average molecular weight is 305 g/mol. The fourth-order valence-corrected chi connectivity index (χ4v) is 10.2. The second kappa shape index (κ2) is 18.5. The van der Waals surface area contributed by atoms with Crippen LogP contribution in [0.4, 0.5) is 0 Å². The summed E-state index contributed by atoms with van der Waals surface area (Å²) >= 11 is 4.82. The zero-order valence-electron chi connectivity index (χ0n) is 10.1. The van der Waals surface area contributed by atoms with Crippen LogP contribution in [0.3, 0.4) is 0 Å². The van der Waals surface area contributed by atoms with E-state index < -0.39 is 0 Å². The van der Waals surface area contributed by atoms with Gasteiger partial charge in [0.15, 0.2) is 0 Å². The second-order valence-electron chi connectivity index (χ2n) is 0.782. The maximum absolute atomic E-state index is 5.00. The van der Waals surface area contributed by atoms with Crippen LogP contribution >= 0.6 is 47.8 Å². The van der Waals surface area contributed by atoms with Crippen molar-refractivity contribution >= 4 is 68.0 Å². The third-order valence-corrected chi connectivity index (χ3v) is 25.9. The van der Waals surface area contributed by atoms with E-state index in [4.69, 9.17) is 20.7 Å². The molecule has 4 atom stereocenters. The highest BCUT2D eigenvalue weighted by atomic mass is 33.0. The first-order valence-corrected chi connectivity index (χ1v) is 12.2. The fourth-order valence-electron chi connectivity index (χ4n) is 0.0422. The highest BCUT2D eigenvalue weighted by molar-refractivity contribution is 8.95. The SMILES string of the molecule is C.C.C.PP(P)P(P)P=S.[3HH].[3H][3H].[3H][3H].[3H][3H].[B]. The van der Waals surface area contributed by atoms with E-state index in [1.54, 1.807) is 0 Å².